The first-order valence-electron chi connectivity index (χ1n) is 11.2. The molecule has 1 aliphatic heterocycles. The van der Waals surface area contributed by atoms with Crippen molar-refractivity contribution in [3.8, 4) is 5.75 Å². The number of nitrogens with zero attached hydrogens (tertiary/aromatic N) is 5. The zero-order valence-corrected chi connectivity index (χ0v) is 18.9. The van der Waals surface area contributed by atoms with Crippen molar-refractivity contribution >= 4 is 11.6 Å². The molecule has 7 heteroatoms. The number of ether oxygens (including phenoxy) is 1. The van der Waals surface area contributed by atoms with Gasteiger partial charge in [-0.2, -0.15) is 0 Å². The Morgan fingerprint density at radius 1 is 1.06 bits per heavy atom. The number of anilines is 1. The van der Waals surface area contributed by atoms with E-state index >= 15 is 0 Å². The molecule has 1 saturated heterocycles. The minimum atomic E-state index is 0.554. The van der Waals surface area contributed by atoms with Crippen molar-refractivity contribution in [1.82, 2.24) is 19.8 Å². The fourth-order valence-corrected chi connectivity index (χ4v) is 3.97. The summed E-state index contributed by atoms with van der Waals surface area (Å²) >= 11 is 0. The van der Waals surface area contributed by atoms with E-state index in [4.69, 9.17) is 9.73 Å². The molecule has 1 fully saturated rings. The van der Waals surface area contributed by atoms with Crippen LogP contribution in [0.2, 0.25) is 0 Å². The molecule has 0 unspecified atom stereocenters. The summed E-state index contributed by atoms with van der Waals surface area (Å²) in [6.07, 6.45) is 3.88. The second kappa shape index (κ2) is 10.7. The molecule has 4 rings (SSSR count). The summed E-state index contributed by atoms with van der Waals surface area (Å²) in [4.78, 5) is 14.2. The van der Waals surface area contributed by atoms with Crippen LogP contribution in [0.1, 0.15) is 18.3 Å². The van der Waals surface area contributed by atoms with E-state index in [2.05, 4.69) is 68.0 Å². The van der Waals surface area contributed by atoms with Gasteiger partial charge in [-0.25, -0.2) is 9.98 Å². The first-order chi connectivity index (χ1) is 15.8. The summed E-state index contributed by atoms with van der Waals surface area (Å²) in [7, 11) is 1.71. The fraction of sp³-hybridized carbons (Fsp3) is 0.360. The molecule has 2 heterocycles. The maximum atomic E-state index is 5.38. The Morgan fingerprint density at radius 2 is 1.88 bits per heavy atom. The lowest BCUT2D eigenvalue weighted by Gasteiger charge is -2.37. The highest BCUT2D eigenvalue weighted by molar-refractivity contribution is 5.80. The number of imidazole rings is 1. The molecule has 0 aliphatic carbocycles. The summed E-state index contributed by atoms with van der Waals surface area (Å²) in [6.45, 7) is 8.04. The lowest BCUT2D eigenvalue weighted by Crippen LogP contribution is -2.52. The molecule has 1 N–H and O–H groups in total. The zero-order valence-electron chi connectivity index (χ0n) is 18.9. The van der Waals surface area contributed by atoms with E-state index < -0.39 is 0 Å². The average Bonchev–Trinajstić information content (AvgIpc) is 3.29. The molecule has 0 spiro atoms. The third kappa shape index (κ3) is 5.41. The molecule has 7 nitrogen and oxygen atoms in total. The third-order valence-corrected chi connectivity index (χ3v) is 5.70. The van der Waals surface area contributed by atoms with Crippen LogP contribution < -0.4 is 15.0 Å². The van der Waals surface area contributed by atoms with Crippen molar-refractivity contribution in [2.24, 2.45) is 4.99 Å². The van der Waals surface area contributed by atoms with Gasteiger partial charge in [-0.05, 0) is 24.6 Å². The lowest BCUT2D eigenvalue weighted by atomic mass is 10.2. The van der Waals surface area contributed by atoms with Gasteiger partial charge in [0.2, 0.25) is 0 Å². The average molecular weight is 433 g/mol. The summed E-state index contributed by atoms with van der Waals surface area (Å²) in [5.41, 5.74) is 2.46. The summed E-state index contributed by atoms with van der Waals surface area (Å²) in [6, 6.07) is 18.7. The number of hydrogen-bond acceptors (Lipinski definition) is 4. The van der Waals surface area contributed by atoms with Gasteiger partial charge in [0.05, 0.1) is 7.11 Å². The maximum Gasteiger partial charge on any atom is 0.194 e. The molecule has 0 saturated carbocycles. The molecule has 1 aliphatic rings. The van der Waals surface area contributed by atoms with E-state index in [9.17, 15) is 0 Å². The molecular weight excluding hydrogens is 400 g/mol. The number of aromatic nitrogens is 2. The van der Waals surface area contributed by atoms with Crippen LogP contribution in [0.5, 0.6) is 5.75 Å². The summed E-state index contributed by atoms with van der Waals surface area (Å²) < 4.78 is 7.55. The van der Waals surface area contributed by atoms with Crippen LogP contribution in [0.15, 0.2) is 72.0 Å². The van der Waals surface area contributed by atoms with Gasteiger partial charge in [0, 0.05) is 63.4 Å². The van der Waals surface area contributed by atoms with Gasteiger partial charge in [0.25, 0.3) is 0 Å². The van der Waals surface area contributed by atoms with Crippen LogP contribution in [0.4, 0.5) is 5.69 Å². The van der Waals surface area contributed by atoms with Gasteiger partial charge in [0.1, 0.15) is 18.1 Å². The second-order valence-corrected chi connectivity index (χ2v) is 7.80. The third-order valence-electron chi connectivity index (χ3n) is 5.70. The van der Waals surface area contributed by atoms with Crippen LogP contribution in [0.3, 0.4) is 0 Å². The van der Waals surface area contributed by atoms with Crippen LogP contribution in [0, 0.1) is 0 Å². The topological polar surface area (TPSA) is 57.9 Å². The van der Waals surface area contributed by atoms with E-state index in [1.165, 1.54) is 11.3 Å². The Morgan fingerprint density at radius 3 is 2.62 bits per heavy atom. The number of nitrogens with one attached hydrogen (secondary N) is 1. The molecule has 0 bridgehead atoms. The Balaban J connectivity index is 1.39. The quantitative estimate of drug-likeness (QED) is 0.459. The number of methoxy groups -OCH3 is 1. The Hall–Kier alpha value is -3.48. The number of hydrogen-bond donors (Lipinski definition) is 1. The number of guanidine groups is 1. The van der Waals surface area contributed by atoms with Gasteiger partial charge in [0.15, 0.2) is 5.96 Å². The van der Waals surface area contributed by atoms with Crippen LogP contribution in [-0.4, -0.2) is 60.2 Å². The fourth-order valence-electron chi connectivity index (χ4n) is 3.97. The predicted octanol–water partition coefficient (Wildman–Crippen LogP) is 3.23. The van der Waals surface area contributed by atoms with Crippen LogP contribution in [-0.2, 0) is 13.1 Å². The number of benzene rings is 2. The lowest BCUT2D eigenvalue weighted by molar-refractivity contribution is 0.371. The molecule has 0 atom stereocenters. The number of aliphatic imine (C=N–C) groups is 1. The number of piperazine rings is 1. The SMILES string of the molecule is CCNC(=NCc1nccn1Cc1ccccc1)N1CCN(c2cccc(OC)c2)CC1. The second-order valence-electron chi connectivity index (χ2n) is 7.80. The number of rotatable bonds is 7. The van der Waals surface area contributed by atoms with E-state index in [1.807, 2.05) is 30.6 Å². The maximum absolute atomic E-state index is 5.38. The van der Waals surface area contributed by atoms with Crippen molar-refractivity contribution in [2.45, 2.75) is 20.0 Å². The van der Waals surface area contributed by atoms with Gasteiger partial charge in [-0.3, -0.25) is 0 Å². The predicted molar refractivity (Wildman–Crippen MR) is 129 cm³/mol. The molecule has 3 aromatic rings. The largest absolute Gasteiger partial charge is 0.497 e. The van der Waals surface area contributed by atoms with Crippen molar-refractivity contribution < 1.29 is 4.74 Å². The van der Waals surface area contributed by atoms with E-state index in [0.29, 0.717) is 6.54 Å². The van der Waals surface area contributed by atoms with E-state index in [1.54, 1.807) is 7.11 Å². The first kappa shape index (κ1) is 21.7. The Kier molecular flexibility index (Phi) is 7.27. The first-order valence-corrected chi connectivity index (χ1v) is 11.2. The van der Waals surface area contributed by atoms with Crippen LogP contribution in [0.25, 0.3) is 0 Å². The van der Waals surface area contributed by atoms with Crippen molar-refractivity contribution in [1.29, 1.82) is 0 Å². The normalized spacial score (nSPS) is 14.5. The molecule has 0 radical (unpaired) electrons. The smallest absolute Gasteiger partial charge is 0.194 e. The highest BCUT2D eigenvalue weighted by atomic mass is 16.5. The molecule has 2 aromatic carbocycles. The Bertz CT molecular complexity index is 1010. The Labute approximate surface area is 190 Å². The summed E-state index contributed by atoms with van der Waals surface area (Å²) in [5, 5.41) is 3.46. The molecular formula is C25H32N6O. The van der Waals surface area contributed by atoms with Gasteiger partial charge >= 0.3 is 0 Å². The summed E-state index contributed by atoms with van der Waals surface area (Å²) in [5.74, 6) is 2.82. The highest BCUT2D eigenvalue weighted by Crippen LogP contribution is 2.22. The van der Waals surface area contributed by atoms with Gasteiger partial charge < -0.3 is 24.4 Å². The van der Waals surface area contributed by atoms with Crippen molar-refractivity contribution in [2.75, 3.05) is 44.7 Å². The molecule has 0 amide bonds. The molecule has 168 valence electrons. The highest BCUT2D eigenvalue weighted by Gasteiger charge is 2.20. The molecule has 1 aromatic heterocycles. The van der Waals surface area contributed by atoms with Gasteiger partial charge in [-0.1, -0.05) is 36.4 Å². The minimum Gasteiger partial charge on any atom is -0.497 e. The van der Waals surface area contributed by atoms with Crippen molar-refractivity contribution in [3.05, 3.63) is 78.4 Å². The standard InChI is InChI=1S/C25H32N6O/c1-3-26-25(28-19-24-27-12-13-31(24)20-21-8-5-4-6-9-21)30-16-14-29(15-17-30)22-10-7-11-23(18-22)32-2/h4-13,18H,3,14-17,19-20H2,1-2H3,(H,26,28). The van der Waals surface area contributed by atoms with Gasteiger partial charge in [-0.15, -0.1) is 0 Å². The molecule has 32 heavy (non-hydrogen) atoms. The van der Waals surface area contributed by atoms with Crippen molar-refractivity contribution in [3.63, 3.8) is 0 Å². The van der Waals surface area contributed by atoms with Crippen LogP contribution >= 0.6 is 0 Å². The monoisotopic (exact) mass is 432 g/mol. The van der Waals surface area contributed by atoms with E-state index in [-0.39, 0.29) is 0 Å². The zero-order chi connectivity index (χ0) is 22.2. The minimum absolute atomic E-state index is 0.554. The van der Waals surface area contributed by atoms with E-state index in [0.717, 1.165) is 56.8 Å².